The summed E-state index contributed by atoms with van der Waals surface area (Å²) in [6, 6.07) is 24.5. The van der Waals surface area contributed by atoms with E-state index >= 15 is 0 Å². The number of para-hydroxylation sites is 1. The molecule has 0 unspecified atom stereocenters. The molecule has 0 aromatic heterocycles. The van der Waals surface area contributed by atoms with Crippen LogP contribution in [0.1, 0.15) is 17.3 Å². The first-order valence-corrected chi connectivity index (χ1v) is 10.6. The summed E-state index contributed by atoms with van der Waals surface area (Å²) < 4.78 is 33.6. The van der Waals surface area contributed by atoms with Crippen LogP contribution in [0.4, 0.5) is 5.69 Å². The Morgan fingerprint density at radius 2 is 1.61 bits per heavy atom. The topological polar surface area (TPSA) is 58.6 Å². The highest BCUT2D eigenvalue weighted by atomic mass is 32.2. The molecule has 1 aliphatic rings. The molecule has 6 heteroatoms. The molecule has 0 saturated carbocycles. The van der Waals surface area contributed by atoms with Crippen LogP contribution in [0.2, 0.25) is 0 Å². The van der Waals surface area contributed by atoms with E-state index in [0.29, 0.717) is 23.5 Å². The summed E-state index contributed by atoms with van der Waals surface area (Å²) in [6.07, 6.45) is 0.158. The first kappa shape index (κ1) is 18.5. The van der Waals surface area contributed by atoms with Crippen molar-refractivity contribution in [3.8, 4) is 5.75 Å². The van der Waals surface area contributed by atoms with Crippen LogP contribution in [0.15, 0.2) is 83.8 Å². The van der Waals surface area contributed by atoms with Crippen molar-refractivity contribution in [2.24, 2.45) is 0 Å². The lowest BCUT2D eigenvalue weighted by Gasteiger charge is -2.37. The smallest absolute Gasteiger partial charge is 0.247 e. The monoisotopic (exact) mass is 394 g/mol. The minimum atomic E-state index is -3.63. The van der Waals surface area contributed by atoms with Crippen molar-refractivity contribution >= 4 is 15.7 Å². The zero-order valence-electron chi connectivity index (χ0n) is 15.6. The molecular formula is C22H22N2O3S. The number of ether oxygens (including phenoxy) is 1. The highest BCUT2D eigenvalue weighted by Crippen LogP contribution is 2.38. The van der Waals surface area contributed by atoms with E-state index in [4.69, 9.17) is 4.74 Å². The zero-order valence-corrected chi connectivity index (χ0v) is 16.4. The average molecular weight is 394 g/mol. The van der Waals surface area contributed by atoms with E-state index in [0.717, 1.165) is 16.9 Å². The van der Waals surface area contributed by atoms with E-state index < -0.39 is 16.2 Å². The molecule has 1 atom stereocenters. The predicted molar refractivity (Wildman–Crippen MR) is 110 cm³/mol. The molecule has 0 bridgehead atoms. The lowest BCUT2D eigenvalue weighted by atomic mass is 10.1. The molecule has 144 valence electrons. The van der Waals surface area contributed by atoms with Crippen molar-refractivity contribution in [2.75, 3.05) is 19.0 Å². The van der Waals surface area contributed by atoms with Crippen LogP contribution in [-0.2, 0) is 16.4 Å². The molecule has 1 heterocycles. The molecule has 3 aromatic rings. The van der Waals surface area contributed by atoms with Crippen LogP contribution in [0.3, 0.4) is 0 Å². The SMILES string of the molecule is COc1ccc([C@@H]2Nc3ccccc3S(=O)(=O)N2CCc2ccccc2)cc1. The summed E-state index contributed by atoms with van der Waals surface area (Å²) in [4.78, 5) is 0.313. The van der Waals surface area contributed by atoms with E-state index in [2.05, 4.69) is 5.32 Å². The lowest BCUT2D eigenvalue weighted by Crippen LogP contribution is -2.43. The van der Waals surface area contributed by atoms with Crippen molar-refractivity contribution in [1.29, 1.82) is 0 Å². The van der Waals surface area contributed by atoms with Gasteiger partial charge in [0.2, 0.25) is 10.0 Å². The highest BCUT2D eigenvalue weighted by molar-refractivity contribution is 7.89. The van der Waals surface area contributed by atoms with Crippen LogP contribution in [0.25, 0.3) is 0 Å². The van der Waals surface area contributed by atoms with Gasteiger partial charge in [-0.25, -0.2) is 8.42 Å². The van der Waals surface area contributed by atoms with Gasteiger partial charge in [0.15, 0.2) is 0 Å². The molecule has 0 radical (unpaired) electrons. The maximum Gasteiger partial charge on any atom is 0.247 e. The minimum absolute atomic E-state index is 0.313. The maximum absolute atomic E-state index is 13.4. The summed E-state index contributed by atoms with van der Waals surface area (Å²) in [7, 11) is -2.01. The summed E-state index contributed by atoms with van der Waals surface area (Å²) in [5.74, 6) is 0.735. The van der Waals surface area contributed by atoms with Gasteiger partial charge in [-0.1, -0.05) is 54.6 Å². The Morgan fingerprint density at radius 1 is 0.929 bits per heavy atom. The number of anilines is 1. The lowest BCUT2D eigenvalue weighted by molar-refractivity contribution is 0.345. The van der Waals surface area contributed by atoms with Crippen LogP contribution < -0.4 is 10.1 Å². The fourth-order valence-corrected chi connectivity index (χ4v) is 5.16. The van der Waals surface area contributed by atoms with Crippen LogP contribution >= 0.6 is 0 Å². The van der Waals surface area contributed by atoms with Gasteiger partial charge in [-0.05, 0) is 41.8 Å². The summed E-state index contributed by atoms with van der Waals surface area (Å²) in [5.41, 5.74) is 2.59. The number of hydrogen-bond donors (Lipinski definition) is 1. The van der Waals surface area contributed by atoms with E-state index in [1.165, 1.54) is 0 Å². The molecule has 1 aliphatic heterocycles. The normalized spacial score (nSPS) is 18.1. The number of nitrogens with zero attached hydrogens (tertiary/aromatic N) is 1. The molecule has 0 aliphatic carbocycles. The molecule has 0 spiro atoms. The number of rotatable bonds is 5. The van der Waals surface area contributed by atoms with Gasteiger partial charge in [-0.3, -0.25) is 0 Å². The number of benzene rings is 3. The average Bonchev–Trinajstić information content (AvgIpc) is 2.73. The van der Waals surface area contributed by atoms with Gasteiger partial charge < -0.3 is 10.1 Å². The number of fused-ring (bicyclic) bond motifs is 1. The Labute approximate surface area is 165 Å². The van der Waals surface area contributed by atoms with Crippen molar-refractivity contribution in [3.63, 3.8) is 0 Å². The van der Waals surface area contributed by atoms with Gasteiger partial charge in [0.25, 0.3) is 0 Å². The van der Waals surface area contributed by atoms with Gasteiger partial charge in [-0.2, -0.15) is 4.31 Å². The molecule has 0 amide bonds. The third kappa shape index (κ3) is 3.48. The Kier molecular flexibility index (Phi) is 5.07. The number of sulfonamides is 1. The molecule has 3 aromatic carbocycles. The molecule has 5 nitrogen and oxygen atoms in total. The fourth-order valence-electron chi connectivity index (χ4n) is 3.46. The van der Waals surface area contributed by atoms with Gasteiger partial charge >= 0.3 is 0 Å². The van der Waals surface area contributed by atoms with E-state index in [-0.39, 0.29) is 0 Å². The maximum atomic E-state index is 13.4. The van der Waals surface area contributed by atoms with Crippen LogP contribution in [0.5, 0.6) is 5.75 Å². The number of nitrogens with one attached hydrogen (secondary N) is 1. The van der Waals surface area contributed by atoms with Crippen LogP contribution in [-0.4, -0.2) is 26.4 Å². The highest BCUT2D eigenvalue weighted by Gasteiger charge is 2.38. The fraction of sp³-hybridized carbons (Fsp3) is 0.182. The largest absolute Gasteiger partial charge is 0.497 e. The van der Waals surface area contributed by atoms with Gasteiger partial charge in [0.05, 0.1) is 12.8 Å². The third-order valence-corrected chi connectivity index (χ3v) is 6.87. The van der Waals surface area contributed by atoms with E-state index in [1.54, 1.807) is 29.6 Å². The Hall–Kier alpha value is -2.83. The molecule has 1 N–H and O–H groups in total. The molecule has 0 fully saturated rings. The van der Waals surface area contributed by atoms with Crippen molar-refractivity contribution < 1.29 is 13.2 Å². The minimum Gasteiger partial charge on any atom is -0.497 e. The van der Waals surface area contributed by atoms with E-state index in [1.807, 2.05) is 60.7 Å². The van der Waals surface area contributed by atoms with Gasteiger partial charge in [-0.15, -0.1) is 0 Å². The molecule has 28 heavy (non-hydrogen) atoms. The molecule has 4 rings (SSSR count). The molecule has 0 saturated heterocycles. The first-order chi connectivity index (χ1) is 13.6. The zero-order chi connectivity index (χ0) is 19.6. The predicted octanol–water partition coefficient (Wildman–Crippen LogP) is 4.05. The number of methoxy groups -OCH3 is 1. The Morgan fingerprint density at radius 3 is 2.32 bits per heavy atom. The van der Waals surface area contributed by atoms with Crippen molar-refractivity contribution in [2.45, 2.75) is 17.5 Å². The Bertz CT molecular complexity index is 1050. The van der Waals surface area contributed by atoms with Crippen molar-refractivity contribution in [3.05, 3.63) is 90.0 Å². The summed E-state index contributed by atoms with van der Waals surface area (Å²) in [6.45, 7) is 0.379. The first-order valence-electron chi connectivity index (χ1n) is 9.15. The standard InChI is InChI=1S/C22H22N2O3S/c1-27-19-13-11-18(12-14-19)22-23-20-9-5-6-10-21(20)28(25,26)24(22)16-15-17-7-3-2-4-8-17/h2-14,22-23H,15-16H2,1H3/t22-/m1/s1. The second-order valence-corrected chi connectivity index (χ2v) is 8.53. The van der Waals surface area contributed by atoms with Crippen molar-refractivity contribution in [1.82, 2.24) is 4.31 Å². The summed E-state index contributed by atoms with van der Waals surface area (Å²) in [5, 5.41) is 3.40. The van der Waals surface area contributed by atoms with Gasteiger partial charge in [0.1, 0.15) is 16.8 Å². The Balaban J connectivity index is 1.72. The number of hydrogen-bond acceptors (Lipinski definition) is 4. The van der Waals surface area contributed by atoms with Crippen LogP contribution in [0, 0.1) is 0 Å². The third-order valence-electron chi connectivity index (χ3n) is 4.95. The van der Waals surface area contributed by atoms with E-state index in [9.17, 15) is 8.42 Å². The second kappa shape index (κ2) is 7.66. The summed E-state index contributed by atoms with van der Waals surface area (Å²) >= 11 is 0. The molecular weight excluding hydrogens is 372 g/mol. The van der Waals surface area contributed by atoms with Gasteiger partial charge in [0, 0.05) is 6.54 Å². The quantitative estimate of drug-likeness (QED) is 0.709. The second-order valence-electron chi connectivity index (χ2n) is 6.67.